The number of aryl methyl sites for hydroxylation is 1. The van der Waals surface area contributed by atoms with Crippen LogP contribution in [0.15, 0.2) is 71.8 Å². The molecular weight excluding hydrogens is 374 g/mol. The maximum atomic E-state index is 13.1. The molecule has 1 aliphatic heterocycles. The van der Waals surface area contributed by atoms with Gasteiger partial charge in [0.05, 0.1) is 5.69 Å². The van der Waals surface area contributed by atoms with Crippen LogP contribution in [-0.2, 0) is 30.0 Å². The van der Waals surface area contributed by atoms with Gasteiger partial charge in [0.15, 0.2) is 0 Å². The maximum absolute atomic E-state index is 13.1. The van der Waals surface area contributed by atoms with E-state index in [1.54, 1.807) is 11.6 Å². The second kappa shape index (κ2) is 7.16. The van der Waals surface area contributed by atoms with Gasteiger partial charge in [0.25, 0.3) is 15.9 Å². The van der Waals surface area contributed by atoms with Crippen LogP contribution >= 0.6 is 0 Å². The van der Waals surface area contributed by atoms with Gasteiger partial charge in [-0.05, 0) is 29.7 Å². The van der Waals surface area contributed by atoms with Crippen LogP contribution in [0.25, 0.3) is 0 Å². The number of rotatable bonds is 5. The van der Waals surface area contributed by atoms with E-state index in [2.05, 4.69) is 5.32 Å². The van der Waals surface area contributed by atoms with Crippen molar-refractivity contribution in [3.8, 4) is 0 Å². The topological polar surface area (TPSA) is 71.4 Å². The normalized spacial score (nSPS) is 13.4. The van der Waals surface area contributed by atoms with Gasteiger partial charge in [-0.1, -0.05) is 48.5 Å². The highest BCUT2D eigenvalue weighted by Crippen LogP contribution is 2.33. The van der Waals surface area contributed by atoms with Crippen LogP contribution in [0.1, 0.15) is 21.6 Å². The molecule has 2 aromatic carbocycles. The van der Waals surface area contributed by atoms with Crippen LogP contribution in [0.2, 0.25) is 0 Å². The second-order valence-electron chi connectivity index (χ2n) is 6.80. The highest BCUT2D eigenvalue weighted by Gasteiger charge is 2.32. The molecule has 1 aliphatic rings. The smallest absolute Gasteiger partial charge is 0.268 e. The molecule has 0 saturated heterocycles. The number of sulfonamides is 1. The summed E-state index contributed by atoms with van der Waals surface area (Å²) in [7, 11) is -2.05. The Labute approximate surface area is 164 Å². The SMILES string of the molecule is Cn1cc(S(=O)(=O)N2CCc3ccccc32)cc1C(=O)NCc1ccccc1. The number of amides is 1. The third-order valence-corrected chi connectivity index (χ3v) is 6.72. The fourth-order valence-electron chi connectivity index (χ4n) is 3.45. The summed E-state index contributed by atoms with van der Waals surface area (Å²) in [5.74, 6) is -0.311. The molecule has 1 N–H and O–H groups in total. The molecule has 0 fully saturated rings. The van der Waals surface area contributed by atoms with E-state index in [0.29, 0.717) is 30.9 Å². The minimum atomic E-state index is -3.72. The van der Waals surface area contributed by atoms with E-state index in [1.807, 2.05) is 54.6 Å². The summed E-state index contributed by atoms with van der Waals surface area (Å²) >= 11 is 0. The first-order valence-corrected chi connectivity index (χ1v) is 10.5. The van der Waals surface area contributed by atoms with Crippen molar-refractivity contribution in [3.05, 3.63) is 83.7 Å². The van der Waals surface area contributed by atoms with Crippen molar-refractivity contribution in [3.63, 3.8) is 0 Å². The second-order valence-corrected chi connectivity index (χ2v) is 8.66. The Morgan fingerprint density at radius 3 is 2.57 bits per heavy atom. The van der Waals surface area contributed by atoms with Gasteiger partial charge in [-0.15, -0.1) is 0 Å². The van der Waals surface area contributed by atoms with Crippen LogP contribution in [0.3, 0.4) is 0 Å². The average molecular weight is 395 g/mol. The summed E-state index contributed by atoms with van der Waals surface area (Å²) in [6.07, 6.45) is 2.18. The standard InChI is InChI=1S/C21H21N3O3S/c1-23-15-18(13-20(23)21(25)22-14-16-7-3-2-4-8-16)28(26,27)24-12-11-17-9-5-6-10-19(17)24/h2-10,13,15H,11-12,14H2,1H3,(H,22,25). The molecule has 3 aromatic rings. The van der Waals surface area contributed by atoms with Crippen molar-refractivity contribution in [1.82, 2.24) is 9.88 Å². The van der Waals surface area contributed by atoms with Gasteiger partial charge in [0, 0.05) is 26.3 Å². The minimum absolute atomic E-state index is 0.122. The van der Waals surface area contributed by atoms with Crippen molar-refractivity contribution in [2.45, 2.75) is 17.9 Å². The number of carbonyl (C=O) groups excluding carboxylic acids is 1. The molecule has 1 amide bonds. The minimum Gasteiger partial charge on any atom is -0.347 e. The zero-order chi connectivity index (χ0) is 19.7. The number of carbonyl (C=O) groups is 1. The molecule has 0 aliphatic carbocycles. The Hall–Kier alpha value is -3.06. The lowest BCUT2D eigenvalue weighted by Crippen LogP contribution is -2.28. The molecule has 0 saturated carbocycles. The molecule has 2 heterocycles. The van der Waals surface area contributed by atoms with Gasteiger partial charge in [0.1, 0.15) is 10.6 Å². The monoisotopic (exact) mass is 395 g/mol. The number of nitrogens with zero attached hydrogens (tertiary/aromatic N) is 2. The molecular formula is C21H21N3O3S. The number of benzene rings is 2. The Kier molecular flexibility index (Phi) is 4.68. The predicted molar refractivity (Wildman–Crippen MR) is 108 cm³/mol. The van der Waals surface area contributed by atoms with E-state index < -0.39 is 10.0 Å². The molecule has 0 atom stereocenters. The van der Waals surface area contributed by atoms with Gasteiger partial charge < -0.3 is 9.88 Å². The molecule has 0 bridgehead atoms. The van der Waals surface area contributed by atoms with Crippen LogP contribution in [0.5, 0.6) is 0 Å². The lowest BCUT2D eigenvalue weighted by molar-refractivity contribution is 0.0942. The number of nitrogens with one attached hydrogen (secondary N) is 1. The van der Waals surface area contributed by atoms with Gasteiger partial charge in [-0.25, -0.2) is 8.42 Å². The van der Waals surface area contributed by atoms with E-state index in [4.69, 9.17) is 0 Å². The zero-order valence-corrected chi connectivity index (χ0v) is 16.3. The van der Waals surface area contributed by atoms with E-state index in [9.17, 15) is 13.2 Å². The molecule has 7 heteroatoms. The van der Waals surface area contributed by atoms with Crippen LogP contribution in [0, 0.1) is 0 Å². The summed E-state index contributed by atoms with van der Waals surface area (Å²) in [4.78, 5) is 12.7. The van der Waals surface area contributed by atoms with E-state index in [1.165, 1.54) is 16.6 Å². The number of hydrogen-bond acceptors (Lipinski definition) is 3. The highest BCUT2D eigenvalue weighted by atomic mass is 32.2. The first-order valence-electron chi connectivity index (χ1n) is 9.06. The molecule has 6 nitrogen and oxygen atoms in total. The van der Waals surface area contributed by atoms with E-state index in [0.717, 1.165) is 11.1 Å². The summed E-state index contributed by atoms with van der Waals surface area (Å²) < 4.78 is 29.3. The molecule has 1 aromatic heterocycles. The molecule has 28 heavy (non-hydrogen) atoms. The lowest BCUT2D eigenvalue weighted by Gasteiger charge is -2.18. The van der Waals surface area contributed by atoms with Crippen molar-refractivity contribution in [2.24, 2.45) is 7.05 Å². The quantitative estimate of drug-likeness (QED) is 0.722. The first-order chi connectivity index (χ1) is 13.5. The fourth-order valence-corrected chi connectivity index (χ4v) is 5.03. The average Bonchev–Trinajstić information content (AvgIpc) is 3.31. The van der Waals surface area contributed by atoms with Crippen molar-refractivity contribution in [1.29, 1.82) is 0 Å². The first kappa shape index (κ1) is 18.3. The molecule has 0 unspecified atom stereocenters. The lowest BCUT2D eigenvalue weighted by atomic mass is 10.2. The van der Waals surface area contributed by atoms with Gasteiger partial charge in [-0.2, -0.15) is 0 Å². The largest absolute Gasteiger partial charge is 0.347 e. The summed E-state index contributed by atoms with van der Waals surface area (Å²) in [5, 5.41) is 2.84. The van der Waals surface area contributed by atoms with Crippen molar-refractivity contribution >= 4 is 21.6 Å². The van der Waals surface area contributed by atoms with Gasteiger partial charge in [0.2, 0.25) is 0 Å². The van der Waals surface area contributed by atoms with Gasteiger partial charge >= 0.3 is 0 Å². The number of anilines is 1. The third-order valence-electron chi connectivity index (χ3n) is 4.94. The Morgan fingerprint density at radius 2 is 1.79 bits per heavy atom. The van der Waals surface area contributed by atoms with E-state index >= 15 is 0 Å². The predicted octanol–water partition coefficient (Wildman–Crippen LogP) is 2.71. The Morgan fingerprint density at radius 1 is 1.07 bits per heavy atom. The number of para-hydroxylation sites is 1. The van der Waals surface area contributed by atoms with E-state index in [-0.39, 0.29) is 10.8 Å². The van der Waals surface area contributed by atoms with Crippen molar-refractivity contribution < 1.29 is 13.2 Å². The summed E-state index contributed by atoms with van der Waals surface area (Å²) in [6.45, 7) is 0.790. The van der Waals surface area contributed by atoms with Crippen molar-refractivity contribution in [2.75, 3.05) is 10.8 Å². The molecule has 4 rings (SSSR count). The Bertz CT molecular complexity index is 1120. The van der Waals surface area contributed by atoms with Crippen LogP contribution in [0.4, 0.5) is 5.69 Å². The molecule has 0 spiro atoms. The Balaban J connectivity index is 1.56. The highest BCUT2D eigenvalue weighted by molar-refractivity contribution is 7.92. The zero-order valence-electron chi connectivity index (χ0n) is 15.5. The van der Waals surface area contributed by atoms with Gasteiger partial charge in [-0.3, -0.25) is 9.10 Å². The van der Waals surface area contributed by atoms with Crippen LogP contribution in [-0.4, -0.2) is 25.4 Å². The van der Waals surface area contributed by atoms with Crippen LogP contribution < -0.4 is 9.62 Å². The number of hydrogen-bond donors (Lipinski definition) is 1. The third kappa shape index (κ3) is 3.29. The summed E-state index contributed by atoms with van der Waals surface area (Å²) in [6, 6.07) is 18.5. The number of fused-ring (bicyclic) bond motifs is 1. The fraction of sp³-hybridized carbons (Fsp3) is 0.190. The maximum Gasteiger partial charge on any atom is 0.268 e. The summed E-state index contributed by atoms with van der Waals surface area (Å²) in [5.41, 5.74) is 3.01. The molecule has 144 valence electrons. The number of aromatic nitrogens is 1. The molecule has 0 radical (unpaired) electrons.